The van der Waals surface area contributed by atoms with Crippen LogP contribution in [0, 0.1) is 0 Å². The zero-order chi connectivity index (χ0) is 35.1. The minimum atomic E-state index is -2.21. The Morgan fingerprint density at radius 1 is 0.542 bits per heavy atom. The average Bonchev–Trinajstić information content (AvgIpc) is 3.07. The van der Waals surface area contributed by atoms with E-state index in [-0.39, 0.29) is 6.29 Å². The zero-order valence-electron chi connectivity index (χ0n) is 32.4. The van der Waals surface area contributed by atoms with E-state index in [1.54, 1.807) is 0 Å². The highest BCUT2D eigenvalue weighted by molar-refractivity contribution is 9.09. The van der Waals surface area contributed by atoms with Crippen LogP contribution in [0.25, 0.3) is 0 Å². The fourth-order valence-corrected chi connectivity index (χ4v) is 9.73. The second kappa shape index (κ2) is 40.5. The van der Waals surface area contributed by atoms with Gasteiger partial charge in [0.1, 0.15) is 6.29 Å². The predicted molar refractivity (Wildman–Crippen MR) is 227 cm³/mol. The fourth-order valence-electron chi connectivity index (χ4n) is 5.61. The molecule has 1 unspecified atom stereocenters. The standard InChI is InChI=1S/C41H81BrO3S2Si/c1-5-7-9-11-13-15-17-18-19-20-21-22-23-25-28-32-37-43-41(45-48(3,4)44-38-33-29-27-31-36-42)35-40-47-46-39-34-30-26-24-16-14-12-10-8-6-2/h13,15,18-19,41H,5-12,14,16-17,20-40H2,1-4H3/b15-13-,19-18-. The van der Waals surface area contributed by atoms with Gasteiger partial charge < -0.3 is 13.6 Å². The molecule has 0 aromatic heterocycles. The van der Waals surface area contributed by atoms with E-state index in [0.29, 0.717) is 0 Å². The van der Waals surface area contributed by atoms with Crippen molar-refractivity contribution in [1.82, 2.24) is 0 Å². The smallest absolute Gasteiger partial charge is 0.333 e. The van der Waals surface area contributed by atoms with Crippen LogP contribution in [0.1, 0.15) is 187 Å². The number of hydrogen-bond donors (Lipinski definition) is 0. The maximum absolute atomic E-state index is 6.56. The molecule has 1 atom stereocenters. The van der Waals surface area contributed by atoms with Crippen molar-refractivity contribution in [2.24, 2.45) is 0 Å². The van der Waals surface area contributed by atoms with Gasteiger partial charge in [-0.05, 0) is 70.9 Å². The van der Waals surface area contributed by atoms with Gasteiger partial charge in [-0.25, -0.2) is 0 Å². The van der Waals surface area contributed by atoms with Gasteiger partial charge in [-0.15, -0.1) is 0 Å². The van der Waals surface area contributed by atoms with E-state index >= 15 is 0 Å². The number of ether oxygens (including phenoxy) is 1. The Bertz CT molecular complexity index is 680. The number of unbranched alkanes of at least 4 members (excludes halogenated alkanes) is 21. The molecular weight excluding hydrogens is 713 g/mol. The second-order valence-corrected chi connectivity index (χ2v) is 20.8. The average molecular weight is 794 g/mol. The van der Waals surface area contributed by atoms with Crippen LogP contribution in [0.4, 0.5) is 0 Å². The van der Waals surface area contributed by atoms with Crippen LogP contribution in [0.2, 0.25) is 13.1 Å². The Morgan fingerprint density at radius 2 is 1.02 bits per heavy atom. The lowest BCUT2D eigenvalue weighted by Gasteiger charge is -2.29. The largest absolute Gasteiger partial charge is 0.394 e. The molecule has 0 aromatic carbocycles. The van der Waals surface area contributed by atoms with Crippen molar-refractivity contribution in [2.45, 2.75) is 207 Å². The van der Waals surface area contributed by atoms with Crippen LogP contribution >= 0.6 is 37.5 Å². The van der Waals surface area contributed by atoms with Crippen molar-refractivity contribution in [1.29, 1.82) is 0 Å². The van der Waals surface area contributed by atoms with E-state index in [2.05, 4.69) is 67.2 Å². The molecule has 0 fully saturated rings. The minimum absolute atomic E-state index is 0.136. The van der Waals surface area contributed by atoms with E-state index in [1.165, 1.54) is 153 Å². The first-order valence-corrected chi connectivity index (χ1v) is 27.0. The molecule has 0 radical (unpaired) electrons. The highest BCUT2D eigenvalue weighted by Crippen LogP contribution is 2.26. The molecule has 7 heteroatoms. The highest BCUT2D eigenvalue weighted by Gasteiger charge is 2.29. The third kappa shape index (κ3) is 39.5. The minimum Gasteiger partial charge on any atom is -0.394 e. The first-order chi connectivity index (χ1) is 23.6. The van der Waals surface area contributed by atoms with Crippen LogP contribution in [0.15, 0.2) is 24.3 Å². The first kappa shape index (κ1) is 48.8. The van der Waals surface area contributed by atoms with Crippen LogP contribution in [0.5, 0.6) is 0 Å². The van der Waals surface area contributed by atoms with Crippen molar-refractivity contribution in [2.75, 3.05) is 30.0 Å². The summed E-state index contributed by atoms with van der Waals surface area (Å²) in [6.07, 6.45) is 44.4. The van der Waals surface area contributed by atoms with E-state index in [1.807, 2.05) is 21.6 Å². The summed E-state index contributed by atoms with van der Waals surface area (Å²) in [6, 6.07) is 0. The van der Waals surface area contributed by atoms with Gasteiger partial charge in [0.15, 0.2) is 0 Å². The van der Waals surface area contributed by atoms with Gasteiger partial charge >= 0.3 is 8.56 Å². The Hall–Kier alpha value is 0.757. The van der Waals surface area contributed by atoms with Crippen LogP contribution in [-0.4, -0.2) is 44.9 Å². The Balaban J connectivity index is 4.13. The molecule has 0 amide bonds. The number of hydrogen-bond acceptors (Lipinski definition) is 5. The maximum Gasteiger partial charge on any atom is 0.333 e. The molecular formula is C41H81BrO3S2Si. The van der Waals surface area contributed by atoms with Crippen molar-refractivity contribution in [3.63, 3.8) is 0 Å². The lowest BCUT2D eigenvalue weighted by molar-refractivity contribution is -0.0997. The normalized spacial score (nSPS) is 13.0. The summed E-state index contributed by atoms with van der Waals surface area (Å²) >= 11 is 3.53. The molecule has 0 bridgehead atoms. The molecule has 286 valence electrons. The van der Waals surface area contributed by atoms with Gasteiger partial charge in [0.2, 0.25) is 0 Å². The molecule has 0 saturated heterocycles. The van der Waals surface area contributed by atoms with E-state index in [0.717, 1.165) is 50.0 Å². The third-order valence-electron chi connectivity index (χ3n) is 8.64. The Morgan fingerprint density at radius 3 is 1.65 bits per heavy atom. The number of alkyl halides is 1. The Kier molecular flexibility index (Phi) is 41.2. The SMILES string of the molecule is CCCCC/C=C\C/C=C\CCCCCCCCOC(CCSSCCCCCCCCCCCC)O[Si](C)(C)OCCCCCCBr. The highest BCUT2D eigenvalue weighted by atomic mass is 79.9. The summed E-state index contributed by atoms with van der Waals surface area (Å²) in [5, 5.41) is 1.10. The van der Waals surface area contributed by atoms with Gasteiger partial charge in [0, 0.05) is 36.5 Å². The summed E-state index contributed by atoms with van der Waals surface area (Å²) in [5.74, 6) is 2.34. The summed E-state index contributed by atoms with van der Waals surface area (Å²) in [6.45, 7) is 10.6. The molecule has 0 heterocycles. The van der Waals surface area contributed by atoms with E-state index in [4.69, 9.17) is 13.6 Å². The van der Waals surface area contributed by atoms with Crippen LogP contribution in [-0.2, 0) is 13.6 Å². The molecule has 0 N–H and O–H groups in total. The maximum atomic E-state index is 6.56. The predicted octanol–water partition coefficient (Wildman–Crippen LogP) is 15.5. The Labute approximate surface area is 318 Å². The summed E-state index contributed by atoms with van der Waals surface area (Å²) in [4.78, 5) is 0. The van der Waals surface area contributed by atoms with Crippen molar-refractivity contribution < 1.29 is 13.6 Å². The second-order valence-electron chi connectivity index (χ2n) is 14.0. The van der Waals surface area contributed by atoms with Gasteiger partial charge in [0.25, 0.3) is 0 Å². The zero-order valence-corrected chi connectivity index (χ0v) is 36.7. The first-order valence-electron chi connectivity index (χ1n) is 20.6. The molecule has 0 aliphatic heterocycles. The summed E-state index contributed by atoms with van der Waals surface area (Å²) < 4.78 is 19.2. The van der Waals surface area contributed by atoms with Gasteiger partial charge in [-0.3, -0.25) is 0 Å². The summed E-state index contributed by atoms with van der Waals surface area (Å²) in [5.41, 5.74) is 0. The van der Waals surface area contributed by atoms with Crippen LogP contribution in [0.3, 0.4) is 0 Å². The quantitative estimate of drug-likeness (QED) is 0.0154. The van der Waals surface area contributed by atoms with E-state index < -0.39 is 8.56 Å². The molecule has 0 saturated carbocycles. The van der Waals surface area contributed by atoms with Crippen molar-refractivity contribution >= 4 is 46.1 Å². The molecule has 0 spiro atoms. The van der Waals surface area contributed by atoms with Gasteiger partial charge in [-0.2, -0.15) is 0 Å². The number of halogens is 1. The number of rotatable bonds is 40. The molecule has 0 aliphatic carbocycles. The van der Waals surface area contributed by atoms with Gasteiger partial charge in [-0.1, -0.05) is 185 Å². The van der Waals surface area contributed by atoms with Crippen molar-refractivity contribution in [3.05, 3.63) is 24.3 Å². The molecule has 48 heavy (non-hydrogen) atoms. The summed E-state index contributed by atoms with van der Waals surface area (Å²) in [7, 11) is 1.83. The molecule has 3 nitrogen and oxygen atoms in total. The monoisotopic (exact) mass is 792 g/mol. The lowest BCUT2D eigenvalue weighted by atomic mass is 10.1. The molecule has 0 aromatic rings. The molecule has 0 aliphatic rings. The third-order valence-corrected chi connectivity index (χ3v) is 13.5. The fraction of sp³-hybridized carbons (Fsp3) is 0.902. The lowest BCUT2D eigenvalue weighted by Crippen LogP contribution is -2.40. The topological polar surface area (TPSA) is 27.7 Å². The van der Waals surface area contributed by atoms with Crippen LogP contribution < -0.4 is 0 Å². The van der Waals surface area contributed by atoms with Crippen molar-refractivity contribution in [3.8, 4) is 0 Å². The molecule has 0 rings (SSSR count). The van der Waals surface area contributed by atoms with Gasteiger partial charge in [0.05, 0.1) is 0 Å². The van der Waals surface area contributed by atoms with E-state index in [9.17, 15) is 0 Å². The number of allylic oxidation sites excluding steroid dienone is 4.